The standard InChI is InChI=1S/C19H28ClFN2O4/c1-19(2,3)27-18(25)23-13-5-4-12(8-13)22-10-14(24)11-26-15-6-7-16(20)17(21)9-15/h6-7,9,12-14,22,24H,4-5,8,10-11H2,1-3H3,(H,23,25)/t12-,13?,14-/m0/s1. The van der Waals surface area contributed by atoms with Crippen LogP contribution >= 0.6 is 11.6 Å². The number of amides is 1. The van der Waals surface area contributed by atoms with Crippen molar-refractivity contribution < 1.29 is 23.8 Å². The fourth-order valence-corrected chi connectivity index (χ4v) is 3.01. The van der Waals surface area contributed by atoms with Crippen molar-refractivity contribution >= 4 is 17.7 Å². The van der Waals surface area contributed by atoms with Crippen LogP contribution in [0.15, 0.2) is 18.2 Å². The van der Waals surface area contributed by atoms with E-state index in [1.807, 2.05) is 20.8 Å². The van der Waals surface area contributed by atoms with Gasteiger partial charge >= 0.3 is 6.09 Å². The third-order valence-electron chi connectivity index (χ3n) is 4.13. The van der Waals surface area contributed by atoms with Gasteiger partial charge in [-0.05, 0) is 52.2 Å². The summed E-state index contributed by atoms with van der Waals surface area (Å²) >= 11 is 5.62. The summed E-state index contributed by atoms with van der Waals surface area (Å²) in [6, 6.07) is 4.41. The zero-order chi connectivity index (χ0) is 20.0. The molecular weight excluding hydrogens is 375 g/mol. The van der Waals surface area contributed by atoms with Gasteiger partial charge in [-0.1, -0.05) is 11.6 Å². The summed E-state index contributed by atoms with van der Waals surface area (Å²) in [5.74, 6) is -0.241. The number of rotatable bonds is 7. The van der Waals surface area contributed by atoms with E-state index in [4.69, 9.17) is 21.1 Å². The van der Waals surface area contributed by atoms with Crippen LogP contribution in [0.25, 0.3) is 0 Å². The van der Waals surface area contributed by atoms with Gasteiger partial charge in [0, 0.05) is 24.7 Å². The maximum absolute atomic E-state index is 13.3. The van der Waals surface area contributed by atoms with Crippen molar-refractivity contribution in [1.29, 1.82) is 0 Å². The molecule has 1 amide bonds. The number of hydrogen-bond acceptors (Lipinski definition) is 5. The number of benzene rings is 1. The third-order valence-corrected chi connectivity index (χ3v) is 4.44. The van der Waals surface area contributed by atoms with Crippen LogP contribution in [0.2, 0.25) is 5.02 Å². The van der Waals surface area contributed by atoms with Crippen LogP contribution in [0.1, 0.15) is 40.0 Å². The molecule has 27 heavy (non-hydrogen) atoms. The fourth-order valence-electron chi connectivity index (χ4n) is 2.89. The van der Waals surface area contributed by atoms with Gasteiger partial charge in [0.05, 0.1) is 5.02 Å². The Morgan fingerprint density at radius 1 is 1.37 bits per heavy atom. The number of ether oxygens (including phenoxy) is 2. The van der Waals surface area contributed by atoms with Crippen molar-refractivity contribution in [2.45, 2.75) is 63.8 Å². The lowest BCUT2D eigenvalue weighted by Crippen LogP contribution is -2.40. The lowest BCUT2D eigenvalue weighted by molar-refractivity contribution is 0.0504. The van der Waals surface area contributed by atoms with Crippen molar-refractivity contribution in [2.75, 3.05) is 13.2 Å². The molecule has 1 aromatic rings. The predicted octanol–water partition coefficient (Wildman–Crippen LogP) is 3.25. The number of aliphatic hydroxyl groups excluding tert-OH is 1. The average Bonchev–Trinajstić information content (AvgIpc) is 2.99. The van der Waals surface area contributed by atoms with E-state index in [0.29, 0.717) is 12.3 Å². The quantitative estimate of drug-likeness (QED) is 0.652. The van der Waals surface area contributed by atoms with E-state index in [1.54, 1.807) is 6.07 Å². The summed E-state index contributed by atoms with van der Waals surface area (Å²) in [5.41, 5.74) is -0.516. The smallest absolute Gasteiger partial charge is 0.407 e. The van der Waals surface area contributed by atoms with Gasteiger partial charge in [-0.25, -0.2) is 9.18 Å². The van der Waals surface area contributed by atoms with Crippen LogP contribution < -0.4 is 15.4 Å². The zero-order valence-corrected chi connectivity index (χ0v) is 16.7. The van der Waals surface area contributed by atoms with Gasteiger partial charge in [0.2, 0.25) is 0 Å². The van der Waals surface area contributed by atoms with Gasteiger partial charge in [0.15, 0.2) is 0 Å². The number of halogens is 2. The molecule has 1 saturated carbocycles. The number of carbonyl (C=O) groups is 1. The Bertz CT molecular complexity index is 639. The molecule has 1 aromatic carbocycles. The van der Waals surface area contributed by atoms with Gasteiger partial charge in [-0.3, -0.25) is 0 Å². The lowest BCUT2D eigenvalue weighted by Gasteiger charge is -2.22. The van der Waals surface area contributed by atoms with Crippen molar-refractivity contribution in [3.05, 3.63) is 29.0 Å². The van der Waals surface area contributed by atoms with Crippen molar-refractivity contribution in [3.63, 3.8) is 0 Å². The van der Waals surface area contributed by atoms with Gasteiger partial charge in [-0.2, -0.15) is 0 Å². The SMILES string of the molecule is CC(C)(C)OC(=O)NC1CC[C@H](NC[C@H](O)COc2ccc(Cl)c(F)c2)C1. The van der Waals surface area contributed by atoms with Crippen LogP contribution in [0.5, 0.6) is 5.75 Å². The fraction of sp³-hybridized carbons (Fsp3) is 0.632. The maximum atomic E-state index is 13.3. The summed E-state index contributed by atoms with van der Waals surface area (Å²) in [6.07, 6.45) is 1.39. The zero-order valence-electron chi connectivity index (χ0n) is 15.9. The highest BCUT2D eigenvalue weighted by molar-refractivity contribution is 6.30. The molecule has 1 unspecified atom stereocenters. The van der Waals surface area contributed by atoms with Crippen LogP contribution in [-0.2, 0) is 4.74 Å². The second-order valence-electron chi connectivity index (χ2n) is 7.80. The molecule has 1 aliphatic carbocycles. The second kappa shape index (κ2) is 9.57. The molecule has 1 aliphatic rings. The van der Waals surface area contributed by atoms with Gasteiger partial charge in [-0.15, -0.1) is 0 Å². The van der Waals surface area contributed by atoms with Crippen molar-refractivity contribution in [1.82, 2.24) is 10.6 Å². The molecule has 0 spiro atoms. The van der Waals surface area contributed by atoms with Gasteiger partial charge in [0.1, 0.15) is 29.9 Å². The number of carbonyl (C=O) groups excluding carboxylic acids is 1. The molecule has 0 heterocycles. The molecular formula is C19H28ClFN2O4. The monoisotopic (exact) mass is 402 g/mol. The molecule has 6 nitrogen and oxygen atoms in total. The molecule has 3 atom stereocenters. The molecule has 0 aromatic heterocycles. The predicted molar refractivity (Wildman–Crippen MR) is 102 cm³/mol. The number of alkyl carbamates (subject to hydrolysis) is 1. The van der Waals surface area contributed by atoms with E-state index < -0.39 is 23.6 Å². The lowest BCUT2D eigenvalue weighted by atomic mass is 10.2. The molecule has 0 saturated heterocycles. The summed E-state index contributed by atoms with van der Waals surface area (Å²) in [7, 11) is 0. The Labute approximate surface area is 164 Å². The Kier molecular flexibility index (Phi) is 7.70. The molecule has 0 aliphatic heterocycles. The normalized spacial score (nSPS) is 21.0. The molecule has 3 N–H and O–H groups in total. The highest BCUT2D eigenvalue weighted by atomic mass is 35.5. The molecule has 152 valence electrons. The number of nitrogens with one attached hydrogen (secondary N) is 2. The highest BCUT2D eigenvalue weighted by Gasteiger charge is 2.27. The topological polar surface area (TPSA) is 79.8 Å². The first-order chi connectivity index (χ1) is 12.6. The molecule has 0 radical (unpaired) electrons. The summed E-state index contributed by atoms with van der Waals surface area (Å²) in [4.78, 5) is 11.8. The van der Waals surface area contributed by atoms with Gasteiger partial charge in [0.25, 0.3) is 0 Å². The maximum Gasteiger partial charge on any atom is 0.407 e. The molecule has 1 fully saturated rings. The minimum atomic E-state index is -0.735. The van der Waals surface area contributed by atoms with E-state index in [9.17, 15) is 14.3 Å². The minimum Gasteiger partial charge on any atom is -0.491 e. The third kappa shape index (κ3) is 7.91. The van der Waals surface area contributed by atoms with Crippen LogP contribution in [0.3, 0.4) is 0 Å². The van der Waals surface area contributed by atoms with E-state index in [1.165, 1.54) is 12.1 Å². The highest BCUT2D eigenvalue weighted by Crippen LogP contribution is 2.21. The minimum absolute atomic E-state index is 0.0281. The Morgan fingerprint density at radius 3 is 2.74 bits per heavy atom. The Hall–Kier alpha value is -1.57. The van der Waals surface area contributed by atoms with Crippen LogP contribution in [0.4, 0.5) is 9.18 Å². The van der Waals surface area contributed by atoms with E-state index in [-0.39, 0.29) is 23.7 Å². The molecule has 2 rings (SSSR count). The van der Waals surface area contributed by atoms with E-state index >= 15 is 0 Å². The Balaban J connectivity index is 1.65. The van der Waals surface area contributed by atoms with Gasteiger partial charge < -0.3 is 25.2 Å². The molecule has 8 heteroatoms. The first kappa shape index (κ1) is 21.7. The summed E-state index contributed by atoms with van der Waals surface area (Å²) in [5, 5.41) is 16.2. The second-order valence-corrected chi connectivity index (χ2v) is 8.21. The van der Waals surface area contributed by atoms with Crippen LogP contribution in [0, 0.1) is 5.82 Å². The first-order valence-corrected chi connectivity index (χ1v) is 9.49. The van der Waals surface area contributed by atoms with E-state index in [2.05, 4.69) is 10.6 Å². The van der Waals surface area contributed by atoms with Crippen molar-refractivity contribution in [3.8, 4) is 5.75 Å². The number of aliphatic hydroxyl groups is 1. The average molecular weight is 403 g/mol. The van der Waals surface area contributed by atoms with Crippen LogP contribution in [-0.4, -0.2) is 48.1 Å². The summed E-state index contributed by atoms with van der Waals surface area (Å²) in [6.45, 7) is 5.87. The molecule has 0 bridgehead atoms. The van der Waals surface area contributed by atoms with E-state index in [0.717, 1.165) is 19.3 Å². The summed E-state index contributed by atoms with van der Waals surface area (Å²) < 4.78 is 24.0. The Morgan fingerprint density at radius 2 is 2.07 bits per heavy atom. The number of hydrogen-bond donors (Lipinski definition) is 3. The largest absolute Gasteiger partial charge is 0.491 e. The van der Waals surface area contributed by atoms with Crippen molar-refractivity contribution in [2.24, 2.45) is 0 Å². The first-order valence-electron chi connectivity index (χ1n) is 9.11.